The van der Waals surface area contributed by atoms with Crippen LogP contribution in [0.25, 0.3) is 0 Å². The Morgan fingerprint density at radius 1 is 1.29 bits per heavy atom. The summed E-state index contributed by atoms with van der Waals surface area (Å²) in [5, 5.41) is 13.4. The number of anilines is 2. The normalized spacial score (nSPS) is 10.2. The number of aryl methyl sites for hydroxylation is 1. The predicted molar refractivity (Wildman–Crippen MR) is 76.6 cm³/mol. The SMILES string of the molecule is Cc1ccc([N+](=O)[O-])c(NC(=O)c2ccc(F)cc2N)c1. The van der Waals surface area contributed by atoms with Crippen LogP contribution in [-0.4, -0.2) is 10.8 Å². The second-order valence-electron chi connectivity index (χ2n) is 4.46. The zero-order valence-corrected chi connectivity index (χ0v) is 11.1. The standard InChI is InChI=1S/C14H12FN3O3/c1-8-2-5-13(18(20)21)12(6-8)17-14(19)10-4-3-9(15)7-11(10)16/h2-7H,16H2,1H3,(H,17,19). The molecule has 7 heteroatoms. The molecule has 1 amide bonds. The van der Waals surface area contributed by atoms with Gasteiger partial charge < -0.3 is 11.1 Å². The third-order valence-electron chi connectivity index (χ3n) is 2.86. The van der Waals surface area contributed by atoms with Gasteiger partial charge in [0.15, 0.2) is 0 Å². The molecule has 21 heavy (non-hydrogen) atoms. The molecule has 108 valence electrons. The summed E-state index contributed by atoms with van der Waals surface area (Å²) >= 11 is 0. The van der Waals surface area contributed by atoms with Crippen molar-refractivity contribution >= 4 is 23.0 Å². The number of halogens is 1. The number of carbonyl (C=O) groups excluding carboxylic acids is 1. The van der Waals surface area contributed by atoms with Gasteiger partial charge >= 0.3 is 0 Å². The van der Waals surface area contributed by atoms with Gasteiger partial charge in [0.2, 0.25) is 0 Å². The molecule has 0 aliphatic heterocycles. The summed E-state index contributed by atoms with van der Waals surface area (Å²) in [7, 11) is 0. The molecule has 0 saturated carbocycles. The molecule has 0 saturated heterocycles. The molecule has 0 heterocycles. The van der Waals surface area contributed by atoms with Crippen LogP contribution < -0.4 is 11.1 Å². The molecule has 6 nitrogen and oxygen atoms in total. The van der Waals surface area contributed by atoms with Gasteiger partial charge in [0.1, 0.15) is 11.5 Å². The number of nitro groups is 1. The van der Waals surface area contributed by atoms with Gasteiger partial charge in [0.05, 0.1) is 10.5 Å². The van der Waals surface area contributed by atoms with Crippen LogP contribution in [0.1, 0.15) is 15.9 Å². The van der Waals surface area contributed by atoms with Gasteiger partial charge in [-0.3, -0.25) is 14.9 Å². The molecule has 0 atom stereocenters. The van der Waals surface area contributed by atoms with Crippen LogP contribution in [0, 0.1) is 22.9 Å². The molecule has 2 rings (SSSR count). The van der Waals surface area contributed by atoms with E-state index in [1.54, 1.807) is 13.0 Å². The molecule has 0 radical (unpaired) electrons. The van der Waals surface area contributed by atoms with Gasteiger partial charge in [-0.25, -0.2) is 4.39 Å². The number of nitrogens with zero attached hydrogens (tertiary/aromatic N) is 1. The minimum absolute atomic E-state index is 0.0391. The second kappa shape index (κ2) is 5.58. The fourth-order valence-corrected chi connectivity index (χ4v) is 1.84. The first-order valence-electron chi connectivity index (χ1n) is 6.00. The zero-order chi connectivity index (χ0) is 15.6. The summed E-state index contributed by atoms with van der Waals surface area (Å²) in [6, 6.07) is 7.69. The van der Waals surface area contributed by atoms with E-state index in [1.807, 2.05) is 0 Å². The molecule has 0 spiro atoms. The van der Waals surface area contributed by atoms with Crippen LogP contribution in [0.2, 0.25) is 0 Å². The molecular formula is C14H12FN3O3. The molecule has 3 N–H and O–H groups in total. The van der Waals surface area contributed by atoms with Crippen LogP contribution in [0.5, 0.6) is 0 Å². The van der Waals surface area contributed by atoms with Crippen molar-refractivity contribution in [2.75, 3.05) is 11.1 Å². The van der Waals surface area contributed by atoms with Crippen molar-refractivity contribution in [2.45, 2.75) is 6.92 Å². The molecule has 0 aromatic heterocycles. The summed E-state index contributed by atoms with van der Waals surface area (Å²) in [5.74, 6) is -1.20. The van der Waals surface area contributed by atoms with Crippen LogP contribution in [0.4, 0.5) is 21.5 Å². The van der Waals surface area contributed by atoms with Gasteiger partial charge in [-0.1, -0.05) is 6.07 Å². The summed E-state index contributed by atoms with van der Waals surface area (Å²) in [6.07, 6.45) is 0. The number of hydrogen-bond acceptors (Lipinski definition) is 4. The van der Waals surface area contributed by atoms with E-state index >= 15 is 0 Å². The Balaban J connectivity index is 2.35. The highest BCUT2D eigenvalue weighted by molar-refractivity contribution is 6.08. The van der Waals surface area contributed by atoms with Gasteiger partial charge in [0, 0.05) is 11.8 Å². The first-order valence-corrected chi connectivity index (χ1v) is 6.00. The van der Waals surface area contributed by atoms with Crippen LogP contribution in [0.3, 0.4) is 0 Å². The first-order chi connectivity index (χ1) is 9.88. The topological polar surface area (TPSA) is 98.3 Å². The highest BCUT2D eigenvalue weighted by Gasteiger charge is 2.18. The Morgan fingerprint density at radius 2 is 2.00 bits per heavy atom. The largest absolute Gasteiger partial charge is 0.398 e. The maximum Gasteiger partial charge on any atom is 0.292 e. The maximum absolute atomic E-state index is 13.0. The average Bonchev–Trinajstić information content (AvgIpc) is 2.37. The molecule has 2 aromatic rings. The van der Waals surface area contributed by atoms with Crippen molar-refractivity contribution < 1.29 is 14.1 Å². The second-order valence-corrected chi connectivity index (χ2v) is 4.46. The van der Waals surface area contributed by atoms with Crippen molar-refractivity contribution in [3.8, 4) is 0 Å². The van der Waals surface area contributed by atoms with E-state index in [-0.39, 0.29) is 22.6 Å². The zero-order valence-electron chi connectivity index (χ0n) is 11.1. The highest BCUT2D eigenvalue weighted by Crippen LogP contribution is 2.26. The number of hydrogen-bond donors (Lipinski definition) is 2. The third-order valence-corrected chi connectivity index (χ3v) is 2.86. The van der Waals surface area contributed by atoms with Crippen molar-refractivity contribution in [1.29, 1.82) is 0 Å². The fourth-order valence-electron chi connectivity index (χ4n) is 1.84. The van der Waals surface area contributed by atoms with Crippen molar-refractivity contribution in [2.24, 2.45) is 0 Å². The summed E-state index contributed by atoms with van der Waals surface area (Å²) in [5.41, 5.74) is 6.17. The summed E-state index contributed by atoms with van der Waals surface area (Å²) in [4.78, 5) is 22.4. The minimum atomic E-state index is -0.638. The molecule has 0 fully saturated rings. The number of nitrogens with one attached hydrogen (secondary N) is 1. The molecule has 0 aliphatic rings. The van der Waals surface area contributed by atoms with E-state index in [1.165, 1.54) is 18.2 Å². The Bertz CT molecular complexity index is 731. The van der Waals surface area contributed by atoms with E-state index in [4.69, 9.17) is 5.73 Å². The lowest BCUT2D eigenvalue weighted by Gasteiger charge is -2.08. The van der Waals surface area contributed by atoms with E-state index < -0.39 is 16.6 Å². The Hall–Kier alpha value is -2.96. The van der Waals surface area contributed by atoms with Crippen LogP contribution in [0.15, 0.2) is 36.4 Å². The first kappa shape index (κ1) is 14.4. The third kappa shape index (κ3) is 3.14. The number of benzene rings is 2. The molecule has 0 aliphatic carbocycles. The lowest BCUT2D eigenvalue weighted by atomic mass is 10.1. The number of amides is 1. The summed E-state index contributed by atoms with van der Waals surface area (Å²) in [6.45, 7) is 1.74. The molecule has 0 bridgehead atoms. The van der Waals surface area contributed by atoms with E-state index in [9.17, 15) is 19.3 Å². The lowest BCUT2D eigenvalue weighted by Crippen LogP contribution is -2.15. The Labute approximate surface area is 119 Å². The highest BCUT2D eigenvalue weighted by atomic mass is 19.1. The van der Waals surface area contributed by atoms with Gasteiger partial charge in [0.25, 0.3) is 11.6 Å². The summed E-state index contributed by atoms with van der Waals surface area (Å²) < 4.78 is 13.0. The van der Waals surface area contributed by atoms with Crippen molar-refractivity contribution in [1.82, 2.24) is 0 Å². The number of nitro benzene ring substituents is 1. The number of nitrogens with two attached hydrogens (primary N) is 1. The quantitative estimate of drug-likeness (QED) is 0.515. The van der Waals surface area contributed by atoms with Crippen LogP contribution in [-0.2, 0) is 0 Å². The number of carbonyl (C=O) groups is 1. The van der Waals surface area contributed by atoms with E-state index in [2.05, 4.69) is 5.32 Å². The van der Waals surface area contributed by atoms with Gasteiger partial charge in [-0.15, -0.1) is 0 Å². The molecular weight excluding hydrogens is 277 g/mol. The average molecular weight is 289 g/mol. The Kier molecular flexibility index (Phi) is 3.84. The number of nitrogen functional groups attached to an aromatic ring is 1. The number of rotatable bonds is 3. The fraction of sp³-hybridized carbons (Fsp3) is 0.0714. The monoisotopic (exact) mass is 289 g/mol. The molecule has 2 aromatic carbocycles. The Morgan fingerprint density at radius 3 is 2.62 bits per heavy atom. The lowest BCUT2D eigenvalue weighted by molar-refractivity contribution is -0.383. The predicted octanol–water partition coefficient (Wildman–Crippen LogP) is 2.88. The van der Waals surface area contributed by atoms with Gasteiger partial charge in [-0.2, -0.15) is 0 Å². The van der Waals surface area contributed by atoms with E-state index in [0.717, 1.165) is 17.7 Å². The van der Waals surface area contributed by atoms with E-state index in [0.29, 0.717) is 0 Å². The van der Waals surface area contributed by atoms with Crippen LogP contribution >= 0.6 is 0 Å². The minimum Gasteiger partial charge on any atom is -0.398 e. The van der Waals surface area contributed by atoms with Gasteiger partial charge in [-0.05, 0) is 36.8 Å². The van der Waals surface area contributed by atoms with Crippen molar-refractivity contribution in [3.63, 3.8) is 0 Å². The molecule has 0 unspecified atom stereocenters. The van der Waals surface area contributed by atoms with Crippen molar-refractivity contribution in [3.05, 3.63) is 63.5 Å². The maximum atomic E-state index is 13.0. The smallest absolute Gasteiger partial charge is 0.292 e.